The van der Waals surface area contributed by atoms with Crippen LogP contribution in [0.1, 0.15) is 31.3 Å². The molecule has 24 heavy (non-hydrogen) atoms. The minimum Gasteiger partial charge on any atom is -0.464 e. The van der Waals surface area contributed by atoms with E-state index in [9.17, 15) is 9.59 Å². The third-order valence-corrected chi connectivity index (χ3v) is 3.76. The second kappa shape index (κ2) is 7.65. The van der Waals surface area contributed by atoms with Crippen LogP contribution in [0.5, 0.6) is 0 Å². The smallest absolute Gasteiger partial charge is 0.410 e. The standard InChI is InChI=1S/C16H26N4O4/c1-16(2,3)24-15(22)19-10-7-18(8-11-19)9-12-20-13(5-6-17-20)14(21)23-4/h5-6H,7-12H2,1-4H3. The molecule has 0 radical (unpaired) electrons. The van der Waals surface area contributed by atoms with Crippen molar-refractivity contribution in [1.82, 2.24) is 19.6 Å². The number of ether oxygens (including phenoxy) is 2. The molecule has 8 heteroatoms. The van der Waals surface area contributed by atoms with Crippen molar-refractivity contribution in [3.05, 3.63) is 18.0 Å². The summed E-state index contributed by atoms with van der Waals surface area (Å²) in [6.45, 7) is 9.77. The molecular weight excluding hydrogens is 312 g/mol. The Balaban J connectivity index is 1.79. The van der Waals surface area contributed by atoms with E-state index in [1.54, 1.807) is 21.8 Å². The van der Waals surface area contributed by atoms with Crippen molar-refractivity contribution < 1.29 is 19.1 Å². The first-order chi connectivity index (χ1) is 11.3. The molecule has 0 unspecified atom stereocenters. The second-order valence-electron chi connectivity index (χ2n) is 6.74. The van der Waals surface area contributed by atoms with E-state index in [0.29, 0.717) is 25.3 Å². The number of aromatic nitrogens is 2. The quantitative estimate of drug-likeness (QED) is 0.769. The van der Waals surface area contributed by atoms with Crippen LogP contribution in [-0.4, -0.2) is 77.1 Å². The molecule has 0 atom stereocenters. The molecule has 0 bridgehead atoms. The molecule has 134 valence electrons. The Morgan fingerprint density at radius 1 is 1.17 bits per heavy atom. The number of methoxy groups -OCH3 is 1. The molecule has 1 aromatic rings. The van der Waals surface area contributed by atoms with Gasteiger partial charge in [0, 0.05) is 38.9 Å². The summed E-state index contributed by atoms with van der Waals surface area (Å²) in [5.41, 5.74) is -0.0246. The molecule has 1 aliphatic rings. The lowest BCUT2D eigenvalue weighted by atomic mass is 10.2. The van der Waals surface area contributed by atoms with Crippen molar-refractivity contribution >= 4 is 12.1 Å². The van der Waals surface area contributed by atoms with E-state index in [1.165, 1.54) is 7.11 Å². The van der Waals surface area contributed by atoms with Crippen molar-refractivity contribution in [3.63, 3.8) is 0 Å². The second-order valence-corrected chi connectivity index (χ2v) is 6.74. The van der Waals surface area contributed by atoms with Crippen molar-refractivity contribution in [3.8, 4) is 0 Å². The predicted molar refractivity (Wildman–Crippen MR) is 87.8 cm³/mol. The first-order valence-corrected chi connectivity index (χ1v) is 8.10. The zero-order chi connectivity index (χ0) is 17.7. The predicted octanol–water partition coefficient (Wildman–Crippen LogP) is 1.22. The van der Waals surface area contributed by atoms with Gasteiger partial charge in [-0.25, -0.2) is 9.59 Å². The van der Waals surface area contributed by atoms with Crippen LogP contribution in [0.15, 0.2) is 12.3 Å². The molecule has 0 spiro atoms. The van der Waals surface area contributed by atoms with Crippen LogP contribution < -0.4 is 0 Å². The Morgan fingerprint density at radius 3 is 2.42 bits per heavy atom. The molecule has 8 nitrogen and oxygen atoms in total. The van der Waals surface area contributed by atoms with Crippen molar-refractivity contribution in [2.24, 2.45) is 0 Å². The van der Waals surface area contributed by atoms with Crippen LogP contribution in [0.4, 0.5) is 4.79 Å². The molecule has 0 aliphatic carbocycles. The molecule has 1 aromatic heterocycles. The molecule has 0 N–H and O–H groups in total. The van der Waals surface area contributed by atoms with Crippen molar-refractivity contribution in [1.29, 1.82) is 0 Å². The fourth-order valence-electron chi connectivity index (χ4n) is 2.51. The van der Waals surface area contributed by atoms with Crippen LogP contribution in [0, 0.1) is 0 Å². The summed E-state index contributed by atoms with van der Waals surface area (Å²) in [5.74, 6) is -0.387. The molecule has 1 amide bonds. The van der Waals surface area contributed by atoms with Gasteiger partial charge < -0.3 is 14.4 Å². The number of carbonyl (C=O) groups is 2. The van der Waals surface area contributed by atoms with Gasteiger partial charge >= 0.3 is 12.1 Å². The summed E-state index contributed by atoms with van der Waals surface area (Å²) in [4.78, 5) is 27.6. The lowest BCUT2D eigenvalue weighted by Crippen LogP contribution is -2.50. The van der Waals surface area contributed by atoms with Crippen LogP contribution in [0.3, 0.4) is 0 Å². The molecule has 1 fully saturated rings. The Labute approximate surface area is 142 Å². The number of carbonyl (C=O) groups excluding carboxylic acids is 2. The first kappa shape index (κ1) is 18.3. The van der Waals surface area contributed by atoms with E-state index < -0.39 is 5.60 Å². The lowest BCUT2D eigenvalue weighted by molar-refractivity contribution is 0.0141. The molecule has 1 aliphatic heterocycles. The number of hydrogen-bond acceptors (Lipinski definition) is 6. The number of rotatable bonds is 4. The van der Waals surface area contributed by atoms with Crippen molar-refractivity contribution in [2.45, 2.75) is 32.9 Å². The van der Waals surface area contributed by atoms with Gasteiger partial charge in [0.15, 0.2) is 0 Å². The summed E-state index contributed by atoms with van der Waals surface area (Å²) in [7, 11) is 1.36. The Bertz CT molecular complexity index is 571. The van der Waals surface area contributed by atoms with Crippen molar-refractivity contribution in [2.75, 3.05) is 39.8 Å². The number of nitrogens with zero attached hydrogens (tertiary/aromatic N) is 4. The fourth-order valence-corrected chi connectivity index (χ4v) is 2.51. The first-order valence-electron chi connectivity index (χ1n) is 8.10. The lowest BCUT2D eigenvalue weighted by Gasteiger charge is -2.35. The number of amides is 1. The molecule has 1 saturated heterocycles. The van der Waals surface area contributed by atoms with E-state index in [4.69, 9.17) is 9.47 Å². The number of hydrogen-bond donors (Lipinski definition) is 0. The van der Waals surface area contributed by atoms with Gasteiger partial charge in [0.1, 0.15) is 11.3 Å². The highest BCUT2D eigenvalue weighted by atomic mass is 16.6. The van der Waals surface area contributed by atoms with Crippen LogP contribution in [-0.2, 0) is 16.0 Å². The zero-order valence-electron chi connectivity index (χ0n) is 14.8. The molecule has 2 rings (SSSR count). The normalized spacial score (nSPS) is 16.1. The van der Waals surface area contributed by atoms with Gasteiger partial charge in [-0.2, -0.15) is 5.10 Å². The molecule has 2 heterocycles. The minimum absolute atomic E-state index is 0.262. The molecule has 0 saturated carbocycles. The van der Waals surface area contributed by atoms with Gasteiger partial charge in [-0.1, -0.05) is 0 Å². The largest absolute Gasteiger partial charge is 0.464 e. The van der Waals surface area contributed by atoms with E-state index in [2.05, 4.69) is 10.00 Å². The Morgan fingerprint density at radius 2 is 1.83 bits per heavy atom. The summed E-state index contributed by atoms with van der Waals surface area (Å²) >= 11 is 0. The SMILES string of the molecule is COC(=O)c1ccnn1CCN1CCN(C(=O)OC(C)(C)C)CC1. The van der Waals surface area contributed by atoms with Gasteiger partial charge in [0.05, 0.1) is 13.7 Å². The number of piperazine rings is 1. The Hall–Kier alpha value is -2.09. The number of esters is 1. The van der Waals surface area contributed by atoms with Gasteiger partial charge in [0.25, 0.3) is 0 Å². The maximum Gasteiger partial charge on any atom is 0.410 e. The fraction of sp³-hybridized carbons (Fsp3) is 0.688. The monoisotopic (exact) mass is 338 g/mol. The van der Waals surface area contributed by atoms with Gasteiger partial charge in [-0.3, -0.25) is 9.58 Å². The van der Waals surface area contributed by atoms with Gasteiger partial charge in [0.2, 0.25) is 0 Å². The van der Waals surface area contributed by atoms with E-state index in [1.807, 2.05) is 20.8 Å². The minimum atomic E-state index is -0.474. The van der Waals surface area contributed by atoms with E-state index >= 15 is 0 Å². The van der Waals surface area contributed by atoms with Crippen LogP contribution in [0.25, 0.3) is 0 Å². The summed E-state index contributed by atoms with van der Waals surface area (Å²) in [6, 6.07) is 1.65. The molecular formula is C16H26N4O4. The summed E-state index contributed by atoms with van der Waals surface area (Å²) in [6.07, 6.45) is 1.33. The Kier molecular flexibility index (Phi) is 5.82. The van der Waals surface area contributed by atoms with E-state index in [0.717, 1.165) is 19.6 Å². The van der Waals surface area contributed by atoms with Gasteiger partial charge in [-0.15, -0.1) is 0 Å². The highest BCUT2D eigenvalue weighted by Crippen LogP contribution is 2.12. The summed E-state index contributed by atoms with van der Waals surface area (Å²) < 4.78 is 11.8. The summed E-state index contributed by atoms with van der Waals surface area (Å²) in [5, 5.41) is 4.16. The average Bonchev–Trinajstić information content (AvgIpc) is 2.99. The topological polar surface area (TPSA) is 76.9 Å². The van der Waals surface area contributed by atoms with Crippen LogP contribution >= 0.6 is 0 Å². The maximum atomic E-state index is 12.0. The third-order valence-electron chi connectivity index (χ3n) is 3.76. The van der Waals surface area contributed by atoms with E-state index in [-0.39, 0.29) is 12.1 Å². The van der Waals surface area contributed by atoms with Crippen LogP contribution in [0.2, 0.25) is 0 Å². The highest BCUT2D eigenvalue weighted by Gasteiger charge is 2.25. The zero-order valence-corrected chi connectivity index (χ0v) is 14.8. The average molecular weight is 338 g/mol. The molecule has 0 aromatic carbocycles. The highest BCUT2D eigenvalue weighted by molar-refractivity contribution is 5.87. The van der Waals surface area contributed by atoms with Gasteiger partial charge in [-0.05, 0) is 26.8 Å². The maximum absolute atomic E-state index is 12.0. The third kappa shape index (κ3) is 4.95.